The van der Waals surface area contributed by atoms with E-state index in [9.17, 15) is 4.79 Å². The monoisotopic (exact) mass is 302 g/mol. The average molecular weight is 303 g/mol. The predicted octanol–water partition coefficient (Wildman–Crippen LogP) is 5.26. The van der Waals surface area contributed by atoms with Crippen LogP contribution in [0.3, 0.4) is 0 Å². The molecule has 2 aromatic carbocycles. The van der Waals surface area contributed by atoms with E-state index in [1.807, 2.05) is 54.6 Å². The van der Waals surface area contributed by atoms with Gasteiger partial charge in [0.1, 0.15) is 0 Å². The molecule has 0 aromatic heterocycles. The lowest BCUT2D eigenvalue weighted by molar-refractivity contribution is 0.0990. The first-order valence-corrected chi connectivity index (χ1v) is 7.59. The summed E-state index contributed by atoms with van der Waals surface area (Å²) in [5, 5.41) is 0.542. The number of rotatable bonds is 6. The Labute approximate surface area is 128 Å². The maximum Gasteiger partial charge on any atom is 0.176 e. The van der Waals surface area contributed by atoms with Gasteiger partial charge in [-0.2, -0.15) is 0 Å². The highest BCUT2D eigenvalue weighted by Crippen LogP contribution is 2.29. The summed E-state index contributed by atoms with van der Waals surface area (Å²) < 4.78 is 0. The van der Waals surface area contributed by atoms with Crippen LogP contribution in [-0.4, -0.2) is 11.0 Å². The van der Waals surface area contributed by atoms with Crippen LogP contribution in [0.4, 0.5) is 0 Å². The van der Waals surface area contributed by atoms with E-state index in [1.54, 1.807) is 17.8 Å². The molecule has 102 valence electrons. The zero-order chi connectivity index (χ0) is 14.4. The number of hydrogen-bond donors (Lipinski definition) is 0. The number of Topliss-reactive ketones (excluding diaryl/α,β-unsaturated/α-hetero) is 1. The minimum absolute atomic E-state index is 0.130. The van der Waals surface area contributed by atoms with E-state index in [-0.39, 0.29) is 11.0 Å². The molecular formula is C17H15ClOS. The number of thioether (sulfide) groups is 1. The molecule has 0 N–H and O–H groups in total. The second-order valence-corrected chi connectivity index (χ2v) is 6.03. The van der Waals surface area contributed by atoms with E-state index in [0.29, 0.717) is 11.4 Å². The van der Waals surface area contributed by atoms with Crippen molar-refractivity contribution in [3.63, 3.8) is 0 Å². The lowest BCUT2D eigenvalue weighted by atomic mass is 10.1. The van der Waals surface area contributed by atoms with Crippen LogP contribution in [0.25, 0.3) is 0 Å². The maximum atomic E-state index is 12.5. The summed E-state index contributed by atoms with van der Waals surface area (Å²) in [5.74, 6) is 0.130. The Morgan fingerprint density at radius 1 is 1.15 bits per heavy atom. The van der Waals surface area contributed by atoms with Crippen LogP contribution in [0.15, 0.2) is 72.1 Å². The van der Waals surface area contributed by atoms with E-state index in [1.165, 1.54) is 0 Å². The second-order valence-electron chi connectivity index (χ2n) is 4.32. The SMILES string of the molecule is C=CCC(Sc1ccc(Cl)cc1)C(=O)c1ccccc1. The Kier molecular flexibility index (Phi) is 5.45. The molecule has 0 heterocycles. The summed E-state index contributed by atoms with van der Waals surface area (Å²) in [4.78, 5) is 13.5. The molecule has 0 fully saturated rings. The van der Waals surface area contributed by atoms with Crippen LogP contribution in [0.2, 0.25) is 5.02 Å². The molecule has 0 saturated heterocycles. The smallest absolute Gasteiger partial charge is 0.176 e. The molecule has 1 atom stereocenters. The Balaban J connectivity index is 2.16. The molecule has 0 aliphatic carbocycles. The molecule has 0 spiro atoms. The topological polar surface area (TPSA) is 17.1 Å². The molecule has 0 amide bonds. The van der Waals surface area contributed by atoms with Crippen LogP contribution >= 0.6 is 23.4 Å². The Morgan fingerprint density at radius 2 is 1.80 bits per heavy atom. The van der Waals surface area contributed by atoms with Crippen molar-refractivity contribution in [2.24, 2.45) is 0 Å². The van der Waals surface area contributed by atoms with Crippen molar-refractivity contribution in [1.29, 1.82) is 0 Å². The van der Waals surface area contributed by atoms with Gasteiger partial charge in [-0.15, -0.1) is 18.3 Å². The van der Waals surface area contributed by atoms with E-state index in [0.717, 1.165) is 10.5 Å². The van der Waals surface area contributed by atoms with Crippen molar-refractivity contribution < 1.29 is 4.79 Å². The van der Waals surface area contributed by atoms with Crippen molar-refractivity contribution in [3.05, 3.63) is 77.8 Å². The summed E-state index contributed by atoms with van der Waals surface area (Å²) in [6.45, 7) is 3.75. The number of carbonyl (C=O) groups excluding carboxylic acids is 1. The zero-order valence-electron chi connectivity index (χ0n) is 11.0. The summed E-state index contributed by atoms with van der Waals surface area (Å²) in [5.41, 5.74) is 0.737. The molecule has 1 unspecified atom stereocenters. The van der Waals surface area contributed by atoms with Gasteiger partial charge in [-0.3, -0.25) is 4.79 Å². The van der Waals surface area contributed by atoms with Gasteiger partial charge in [-0.05, 0) is 30.7 Å². The Bertz CT molecular complexity index is 578. The highest BCUT2D eigenvalue weighted by molar-refractivity contribution is 8.00. The van der Waals surface area contributed by atoms with Crippen molar-refractivity contribution in [2.45, 2.75) is 16.6 Å². The van der Waals surface area contributed by atoms with E-state index >= 15 is 0 Å². The molecule has 0 aliphatic heterocycles. The van der Waals surface area contributed by atoms with E-state index < -0.39 is 0 Å². The highest BCUT2D eigenvalue weighted by Gasteiger charge is 2.19. The minimum Gasteiger partial charge on any atom is -0.293 e. The normalized spacial score (nSPS) is 11.8. The number of carbonyl (C=O) groups is 1. The fraction of sp³-hybridized carbons (Fsp3) is 0.118. The summed E-state index contributed by atoms with van der Waals surface area (Å²) >= 11 is 7.42. The first-order chi connectivity index (χ1) is 9.70. The van der Waals surface area contributed by atoms with Gasteiger partial charge >= 0.3 is 0 Å². The average Bonchev–Trinajstić information content (AvgIpc) is 2.49. The lowest BCUT2D eigenvalue weighted by Gasteiger charge is -2.13. The second kappa shape index (κ2) is 7.32. The van der Waals surface area contributed by atoms with Crippen molar-refractivity contribution in [2.75, 3.05) is 0 Å². The fourth-order valence-corrected chi connectivity index (χ4v) is 3.05. The number of allylic oxidation sites excluding steroid dienone is 1. The van der Waals surface area contributed by atoms with Crippen LogP contribution in [0.5, 0.6) is 0 Å². The van der Waals surface area contributed by atoms with Gasteiger partial charge in [0.05, 0.1) is 5.25 Å². The third-order valence-corrected chi connectivity index (χ3v) is 4.31. The van der Waals surface area contributed by atoms with Crippen molar-refractivity contribution in [1.82, 2.24) is 0 Å². The van der Waals surface area contributed by atoms with Gasteiger partial charge in [-0.1, -0.05) is 48.0 Å². The number of hydrogen-bond acceptors (Lipinski definition) is 2. The van der Waals surface area contributed by atoms with Crippen molar-refractivity contribution >= 4 is 29.1 Å². The maximum absolute atomic E-state index is 12.5. The van der Waals surface area contributed by atoms with E-state index in [2.05, 4.69) is 6.58 Å². The van der Waals surface area contributed by atoms with Gasteiger partial charge in [-0.25, -0.2) is 0 Å². The van der Waals surface area contributed by atoms with Gasteiger partial charge in [0.25, 0.3) is 0 Å². The first-order valence-electron chi connectivity index (χ1n) is 6.33. The van der Waals surface area contributed by atoms with Crippen LogP contribution in [0, 0.1) is 0 Å². The molecule has 20 heavy (non-hydrogen) atoms. The molecule has 2 rings (SSSR count). The largest absolute Gasteiger partial charge is 0.293 e. The van der Waals surface area contributed by atoms with Crippen LogP contribution < -0.4 is 0 Å². The van der Waals surface area contributed by atoms with Gasteiger partial charge in [0, 0.05) is 15.5 Å². The predicted molar refractivity (Wildman–Crippen MR) is 86.7 cm³/mol. The molecule has 3 heteroatoms. The summed E-state index contributed by atoms with van der Waals surface area (Å²) in [7, 11) is 0. The quantitative estimate of drug-likeness (QED) is 0.411. The van der Waals surface area contributed by atoms with Crippen LogP contribution in [0.1, 0.15) is 16.8 Å². The summed E-state index contributed by atoms with van der Waals surface area (Å²) in [6.07, 6.45) is 2.43. The molecular weight excluding hydrogens is 288 g/mol. The number of benzene rings is 2. The third-order valence-electron chi connectivity index (χ3n) is 2.82. The van der Waals surface area contributed by atoms with Crippen molar-refractivity contribution in [3.8, 4) is 0 Å². The minimum atomic E-state index is -0.156. The van der Waals surface area contributed by atoms with E-state index in [4.69, 9.17) is 11.6 Å². The molecule has 2 aromatic rings. The standard InChI is InChI=1S/C17H15ClOS/c1-2-6-16(17(19)13-7-4-3-5-8-13)20-15-11-9-14(18)10-12-15/h2-5,7-12,16H,1,6H2. The number of halogens is 1. The molecule has 1 nitrogen and oxygen atoms in total. The third kappa shape index (κ3) is 3.99. The molecule has 0 aliphatic rings. The van der Waals surface area contributed by atoms with Crippen LogP contribution in [-0.2, 0) is 0 Å². The molecule has 0 saturated carbocycles. The van der Waals surface area contributed by atoms with Gasteiger partial charge in [0.2, 0.25) is 0 Å². The van der Waals surface area contributed by atoms with Gasteiger partial charge < -0.3 is 0 Å². The lowest BCUT2D eigenvalue weighted by Crippen LogP contribution is -2.16. The Morgan fingerprint density at radius 3 is 2.40 bits per heavy atom. The first kappa shape index (κ1) is 14.9. The zero-order valence-corrected chi connectivity index (χ0v) is 12.5. The number of ketones is 1. The molecule has 0 radical (unpaired) electrons. The summed E-state index contributed by atoms with van der Waals surface area (Å²) in [6, 6.07) is 16.9. The molecule has 0 bridgehead atoms. The Hall–Kier alpha value is -1.51. The van der Waals surface area contributed by atoms with Gasteiger partial charge in [0.15, 0.2) is 5.78 Å². The highest BCUT2D eigenvalue weighted by atomic mass is 35.5. The fourth-order valence-electron chi connectivity index (χ4n) is 1.83.